The molecular formula is C48H61ClF6N4O4S4. The number of rotatable bonds is 6. The van der Waals surface area contributed by atoms with Crippen LogP contribution in [0.15, 0.2) is 51.6 Å². The van der Waals surface area contributed by atoms with Gasteiger partial charge in [-0.25, -0.2) is 19.6 Å². The number of carbonyl (C=O) groups excluding carboxylic acids is 2. The standard InChI is InChI=1S/C24H30ClF3N2O2S2.C24H31F3N2O2S2/c1-22(2,3)16-11-15(12-17(13-16)34-24(26,27)28)18-19(25)33-20(29-18)14-7-9-30(10-8-14)21(31)32-23(4,5)6;1-22(2,3)17-11-16(12-18(13-17)33-24(25,26)27)19-14-32-20(28-19)15-7-9-29(10-8-15)21(30)31-23(4,5)6/h11-14H,7-10H2,1-6H3;11-15H,7-10H2,1-6H3. The molecule has 19 heteroatoms. The maximum absolute atomic E-state index is 13.1. The SMILES string of the molecule is CC(C)(C)OC(=O)N1CCC(c2nc(-c3cc(SC(F)(F)F)cc(C(C)(C)C)c3)c(Cl)s2)CC1.CC(C)(C)OC(=O)N1CCC(c2nc(-c3cc(SC(F)(F)F)cc(C(C)(C)C)c3)cs2)CC1. The van der Waals surface area contributed by atoms with Crippen molar-refractivity contribution in [1.82, 2.24) is 19.8 Å². The zero-order valence-electron chi connectivity index (χ0n) is 40.1. The molecule has 67 heavy (non-hydrogen) atoms. The number of thioether (sulfide) groups is 2. The molecule has 0 radical (unpaired) electrons. The monoisotopic (exact) mass is 1030 g/mol. The minimum atomic E-state index is -4.38. The second kappa shape index (κ2) is 21.0. The summed E-state index contributed by atoms with van der Waals surface area (Å²) in [5.74, 6) is 0.349. The third kappa shape index (κ3) is 16.7. The smallest absolute Gasteiger partial charge is 0.444 e. The molecule has 0 bridgehead atoms. The van der Waals surface area contributed by atoms with Gasteiger partial charge in [0.05, 0.1) is 15.7 Å². The summed E-state index contributed by atoms with van der Waals surface area (Å²) in [5, 5.41) is 3.72. The van der Waals surface area contributed by atoms with Crippen molar-refractivity contribution in [1.29, 1.82) is 0 Å². The van der Waals surface area contributed by atoms with Gasteiger partial charge in [-0.2, -0.15) is 26.3 Å². The van der Waals surface area contributed by atoms with Crippen LogP contribution in [0.25, 0.3) is 22.5 Å². The van der Waals surface area contributed by atoms with Gasteiger partial charge in [-0.05, 0) is 149 Å². The Morgan fingerprint density at radius 1 is 0.612 bits per heavy atom. The summed E-state index contributed by atoms with van der Waals surface area (Å²) in [5.41, 5.74) is -6.32. The largest absolute Gasteiger partial charge is 0.446 e. The van der Waals surface area contributed by atoms with Crippen molar-refractivity contribution in [3.05, 3.63) is 67.3 Å². The van der Waals surface area contributed by atoms with Crippen LogP contribution in [0.3, 0.4) is 0 Å². The van der Waals surface area contributed by atoms with Gasteiger partial charge >= 0.3 is 23.2 Å². The van der Waals surface area contributed by atoms with Gasteiger partial charge in [0.2, 0.25) is 0 Å². The van der Waals surface area contributed by atoms with Crippen LogP contribution in [0.5, 0.6) is 0 Å². The number of nitrogens with zero attached hydrogens (tertiary/aromatic N) is 4. The van der Waals surface area contributed by atoms with E-state index in [0.29, 0.717) is 53.0 Å². The van der Waals surface area contributed by atoms with E-state index in [-0.39, 0.29) is 68.2 Å². The Hall–Kier alpha value is -3.19. The van der Waals surface area contributed by atoms with Crippen molar-refractivity contribution in [3.63, 3.8) is 0 Å². The Morgan fingerprint density at radius 3 is 1.42 bits per heavy atom. The number of halogens is 7. The van der Waals surface area contributed by atoms with Crippen molar-refractivity contribution in [2.75, 3.05) is 26.2 Å². The molecule has 2 aliphatic heterocycles. The van der Waals surface area contributed by atoms with Gasteiger partial charge < -0.3 is 19.3 Å². The van der Waals surface area contributed by atoms with E-state index in [1.807, 2.05) is 101 Å². The molecule has 0 saturated carbocycles. The lowest BCUT2D eigenvalue weighted by Crippen LogP contribution is -2.41. The number of piperidine rings is 2. The molecule has 2 aromatic carbocycles. The van der Waals surface area contributed by atoms with E-state index >= 15 is 0 Å². The average Bonchev–Trinajstić information content (AvgIpc) is 3.82. The Bertz CT molecular complexity index is 2340. The number of carbonyl (C=O) groups is 2. The number of hydrogen-bond acceptors (Lipinski definition) is 10. The van der Waals surface area contributed by atoms with Crippen molar-refractivity contribution in [2.24, 2.45) is 0 Å². The lowest BCUT2D eigenvalue weighted by Gasteiger charge is -2.32. The van der Waals surface area contributed by atoms with E-state index < -0.39 is 22.2 Å². The zero-order chi connectivity index (χ0) is 50.1. The fourth-order valence-electron chi connectivity index (χ4n) is 7.28. The summed E-state index contributed by atoms with van der Waals surface area (Å²) in [4.78, 5) is 37.9. The third-order valence-corrected chi connectivity index (χ3v) is 14.5. The van der Waals surface area contributed by atoms with Crippen molar-refractivity contribution in [3.8, 4) is 22.5 Å². The van der Waals surface area contributed by atoms with Gasteiger partial charge in [-0.3, -0.25) is 0 Å². The highest BCUT2D eigenvalue weighted by Gasteiger charge is 2.34. The third-order valence-electron chi connectivity index (χ3n) is 10.7. The first-order valence-electron chi connectivity index (χ1n) is 22.0. The first-order chi connectivity index (χ1) is 30.6. The molecule has 0 unspecified atom stereocenters. The number of aromatic nitrogens is 2. The Kier molecular flexibility index (Phi) is 17.2. The number of benzene rings is 2. The molecule has 2 saturated heterocycles. The van der Waals surface area contributed by atoms with E-state index in [1.165, 1.54) is 28.7 Å². The van der Waals surface area contributed by atoms with E-state index in [9.17, 15) is 35.9 Å². The normalized spacial score (nSPS) is 16.2. The van der Waals surface area contributed by atoms with Gasteiger partial charge in [0.1, 0.15) is 21.2 Å². The van der Waals surface area contributed by atoms with Gasteiger partial charge in [-0.1, -0.05) is 53.1 Å². The summed E-state index contributed by atoms with van der Waals surface area (Å²) in [6, 6.07) is 10.1. The van der Waals surface area contributed by atoms with Gasteiger partial charge in [0.25, 0.3) is 0 Å². The first kappa shape index (κ1) is 54.7. The van der Waals surface area contributed by atoms with Crippen molar-refractivity contribution in [2.45, 2.75) is 163 Å². The predicted molar refractivity (Wildman–Crippen MR) is 261 cm³/mol. The highest BCUT2D eigenvalue weighted by atomic mass is 35.5. The van der Waals surface area contributed by atoms with Crippen LogP contribution < -0.4 is 0 Å². The van der Waals surface area contributed by atoms with Crippen LogP contribution in [0.2, 0.25) is 4.34 Å². The fourth-order valence-corrected chi connectivity index (χ4v) is 10.9. The van der Waals surface area contributed by atoms with E-state index in [0.717, 1.165) is 46.8 Å². The summed E-state index contributed by atoms with van der Waals surface area (Å²) in [6.07, 6.45) is 2.39. The molecule has 4 heterocycles. The fraction of sp³-hybridized carbons (Fsp3) is 0.583. The molecule has 0 aliphatic carbocycles. The van der Waals surface area contributed by atoms with Gasteiger partial charge in [0, 0.05) is 64.3 Å². The van der Waals surface area contributed by atoms with E-state index in [4.69, 9.17) is 31.0 Å². The Balaban J connectivity index is 0.000000251. The molecule has 2 amide bonds. The van der Waals surface area contributed by atoms with Crippen LogP contribution >= 0.6 is 57.8 Å². The minimum Gasteiger partial charge on any atom is -0.444 e. The molecule has 2 aromatic heterocycles. The van der Waals surface area contributed by atoms with Crippen molar-refractivity contribution < 1.29 is 45.4 Å². The van der Waals surface area contributed by atoms with Crippen LogP contribution in [0.4, 0.5) is 35.9 Å². The van der Waals surface area contributed by atoms with E-state index in [1.54, 1.807) is 28.0 Å². The predicted octanol–water partition coefficient (Wildman–Crippen LogP) is 16.3. The molecular weight excluding hydrogens is 974 g/mol. The quantitative estimate of drug-likeness (QED) is 0.139. The topological polar surface area (TPSA) is 84.9 Å². The Morgan fingerprint density at radius 2 is 1.01 bits per heavy atom. The summed E-state index contributed by atoms with van der Waals surface area (Å²) < 4.78 is 89.8. The lowest BCUT2D eigenvalue weighted by atomic mass is 9.86. The molecule has 0 atom stereocenters. The summed E-state index contributed by atoms with van der Waals surface area (Å²) in [7, 11) is 0. The number of likely N-dealkylation sites (tertiary alicyclic amines) is 2. The van der Waals surface area contributed by atoms with E-state index in [2.05, 4.69) is 0 Å². The highest BCUT2D eigenvalue weighted by Crippen LogP contribution is 2.45. The molecule has 0 N–H and O–H groups in total. The number of alkyl halides is 6. The number of amides is 2. The van der Waals surface area contributed by atoms with Gasteiger partial charge in [0.15, 0.2) is 0 Å². The zero-order valence-corrected chi connectivity index (χ0v) is 44.1. The molecule has 0 spiro atoms. The summed E-state index contributed by atoms with van der Waals surface area (Å²) >= 11 is 9.21. The molecule has 2 aliphatic rings. The van der Waals surface area contributed by atoms with Crippen molar-refractivity contribution >= 4 is 70.0 Å². The maximum atomic E-state index is 13.1. The molecule has 370 valence electrons. The number of ether oxygens (including phenoxy) is 2. The second-order valence-corrected chi connectivity index (χ2v) is 25.6. The number of thiazole rings is 2. The molecule has 6 rings (SSSR count). The van der Waals surface area contributed by atoms with Crippen LogP contribution in [0.1, 0.15) is 142 Å². The second-order valence-electron chi connectivity index (χ2n) is 20.8. The molecule has 2 fully saturated rings. The lowest BCUT2D eigenvalue weighted by molar-refractivity contribution is -0.0337. The Labute approximate surface area is 412 Å². The molecule has 4 aromatic rings. The molecule has 8 nitrogen and oxygen atoms in total. The van der Waals surface area contributed by atoms with Crippen LogP contribution in [-0.4, -0.2) is 80.4 Å². The maximum Gasteiger partial charge on any atom is 0.446 e. The average molecular weight is 1040 g/mol. The van der Waals surface area contributed by atoms with Crippen LogP contribution in [0, 0.1) is 0 Å². The summed E-state index contributed by atoms with van der Waals surface area (Å²) in [6.45, 7) is 25.2. The minimum absolute atomic E-state index is 0.0923. The number of hydrogen-bond donors (Lipinski definition) is 0. The highest BCUT2D eigenvalue weighted by molar-refractivity contribution is 8.00. The van der Waals surface area contributed by atoms with Crippen LogP contribution in [-0.2, 0) is 20.3 Å². The van der Waals surface area contributed by atoms with Gasteiger partial charge in [-0.15, -0.1) is 22.7 Å². The first-order valence-corrected chi connectivity index (χ1v) is 25.7.